The first kappa shape index (κ1) is 26.2. The fraction of sp³-hybridized carbons (Fsp3) is 0.810. The van der Waals surface area contributed by atoms with E-state index >= 15 is 4.39 Å². The zero-order valence-electron chi connectivity index (χ0n) is 20.6. The Kier molecular flexibility index (Phi) is 7.06. The lowest BCUT2D eigenvalue weighted by Crippen LogP contribution is -2.55. The Morgan fingerprint density at radius 2 is 1.68 bits per heavy atom. The quantitative estimate of drug-likeness (QED) is 0.625. The van der Waals surface area contributed by atoms with Gasteiger partial charge < -0.3 is 13.6 Å². The highest BCUT2D eigenvalue weighted by molar-refractivity contribution is 6.74. The van der Waals surface area contributed by atoms with Crippen molar-refractivity contribution in [3.8, 4) is 0 Å². The summed E-state index contributed by atoms with van der Waals surface area (Å²) in [6.45, 7) is 20.3. The molecule has 178 valence electrons. The van der Waals surface area contributed by atoms with Crippen molar-refractivity contribution in [3.05, 3.63) is 33.1 Å². The zero-order chi connectivity index (χ0) is 24.0. The molecule has 31 heavy (non-hydrogen) atoms. The Bertz CT molecular complexity index is 901. The Hall–Kier alpha value is -1.08. The molecule has 1 aliphatic heterocycles. The van der Waals surface area contributed by atoms with Crippen LogP contribution in [0.1, 0.15) is 47.6 Å². The fourth-order valence-electron chi connectivity index (χ4n) is 2.88. The molecule has 3 atom stereocenters. The largest absolute Gasteiger partial charge is 0.411 e. The van der Waals surface area contributed by atoms with Crippen molar-refractivity contribution in [1.82, 2.24) is 9.55 Å². The van der Waals surface area contributed by atoms with E-state index in [0.717, 1.165) is 0 Å². The van der Waals surface area contributed by atoms with Gasteiger partial charge in [0.2, 0.25) is 0 Å². The van der Waals surface area contributed by atoms with Crippen molar-refractivity contribution in [1.29, 1.82) is 0 Å². The monoisotopic (exact) mass is 474 g/mol. The summed E-state index contributed by atoms with van der Waals surface area (Å²) in [5.74, 6) is -2.20. The summed E-state index contributed by atoms with van der Waals surface area (Å²) >= 11 is 0. The van der Waals surface area contributed by atoms with Crippen LogP contribution in [0.5, 0.6) is 0 Å². The first-order valence-electron chi connectivity index (χ1n) is 10.8. The maximum Gasteiger partial charge on any atom is 0.328 e. The third-order valence-electron chi connectivity index (χ3n) is 7.14. The van der Waals surface area contributed by atoms with Gasteiger partial charge in [0.1, 0.15) is 6.10 Å². The van der Waals surface area contributed by atoms with Crippen molar-refractivity contribution < 1.29 is 18.0 Å². The van der Waals surface area contributed by atoms with E-state index in [1.54, 1.807) is 0 Å². The Labute approximate surface area is 186 Å². The molecule has 1 saturated heterocycles. The second kappa shape index (κ2) is 8.37. The molecular formula is C21H39FN2O5Si2. The molecule has 1 aromatic heterocycles. The van der Waals surface area contributed by atoms with E-state index in [1.165, 1.54) is 16.8 Å². The van der Waals surface area contributed by atoms with E-state index in [-0.39, 0.29) is 23.3 Å². The summed E-state index contributed by atoms with van der Waals surface area (Å²) < 4.78 is 36.0. The van der Waals surface area contributed by atoms with Crippen molar-refractivity contribution in [2.75, 3.05) is 13.2 Å². The molecule has 0 bridgehead atoms. The molecule has 1 fully saturated rings. The van der Waals surface area contributed by atoms with Crippen LogP contribution in [0.15, 0.2) is 21.9 Å². The lowest BCUT2D eigenvalue weighted by atomic mass is 10.1. The molecule has 10 heteroatoms. The SMILES string of the molecule is CC(C)(C)[Si](C)(C)OC[C@@]1(F)OCC(n2ccc(=O)[nH]c2=O)C1O[Si](C)(C)C(C)(C)C. The second-order valence-corrected chi connectivity index (χ2v) is 21.1. The lowest BCUT2D eigenvalue weighted by molar-refractivity contribution is -0.173. The minimum absolute atomic E-state index is 0.0530. The van der Waals surface area contributed by atoms with E-state index in [9.17, 15) is 9.59 Å². The number of alkyl halides is 1. The smallest absolute Gasteiger partial charge is 0.328 e. The highest BCUT2D eigenvalue weighted by Gasteiger charge is 2.57. The van der Waals surface area contributed by atoms with Gasteiger partial charge in [-0.1, -0.05) is 41.5 Å². The van der Waals surface area contributed by atoms with Gasteiger partial charge in [0.15, 0.2) is 16.6 Å². The second-order valence-electron chi connectivity index (χ2n) is 11.5. The van der Waals surface area contributed by atoms with Crippen molar-refractivity contribution in [2.45, 2.75) is 95.8 Å². The molecule has 0 amide bonds. The predicted octanol–water partition coefficient (Wildman–Crippen LogP) is 4.19. The van der Waals surface area contributed by atoms with E-state index in [2.05, 4.69) is 59.6 Å². The normalized spacial score (nSPS) is 25.8. The van der Waals surface area contributed by atoms with Crippen LogP contribution < -0.4 is 11.2 Å². The van der Waals surface area contributed by atoms with Gasteiger partial charge >= 0.3 is 5.69 Å². The molecule has 2 heterocycles. The van der Waals surface area contributed by atoms with Gasteiger partial charge in [0.25, 0.3) is 11.4 Å². The van der Waals surface area contributed by atoms with Gasteiger partial charge in [-0.3, -0.25) is 14.3 Å². The zero-order valence-corrected chi connectivity index (χ0v) is 22.6. The summed E-state index contributed by atoms with van der Waals surface area (Å²) in [5.41, 5.74) is -1.12. The number of hydrogen-bond donors (Lipinski definition) is 1. The number of ether oxygens (including phenoxy) is 1. The van der Waals surface area contributed by atoms with Gasteiger partial charge in [-0.15, -0.1) is 0 Å². The molecule has 1 aliphatic rings. The van der Waals surface area contributed by atoms with Crippen LogP contribution in [-0.4, -0.2) is 51.4 Å². The average molecular weight is 475 g/mol. The molecule has 0 aliphatic carbocycles. The summed E-state index contributed by atoms with van der Waals surface area (Å²) in [4.78, 5) is 26.2. The standard InChI is InChI=1S/C21H39FN2O5Si2/c1-19(2,3)30(7,8)28-14-21(22)17(29-31(9,10)20(4,5)6)15(13-27-21)24-12-11-16(25)23-18(24)26/h11-12,15,17H,13-14H2,1-10H3,(H,23,25,26)/t15?,17?,21-/m1/s1. The number of aromatic amines is 1. The molecular weight excluding hydrogens is 435 g/mol. The Balaban J connectivity index is 2.45. The number of H-pyrrole nitrogens is 1. The topological polar surface area (TPSA) is 82.5 Å². The van der Waals surface area contributed by atoms with Crippen LogP contribution in [-0.2, 0) is 13.6 Å². The molecule has 0 radical (unpaired) electrons. The van der Waals surface area contributed by atoms with Gasteiger partial charge in [-0.25, -0.2) is 9.18 Å². The predicted molar refractivity (Wildman–Crippen MR) is 125 cm³/mol. The number of hydrogen-bond acceptors (Lipinski definition) is 5. The first-order valence-corrected chi connectivity index (χ1v) is 16.6. The summed E-state index contributed by atoms with van der Waals surface area (Å²) in [5, 5.41) is -0.260. The number of nitrogens with one attached hydrogen (secondary N) is 1. The van der Waals surface area contributed by atoms with Gasteiger partial charge in [0, 0.05) is 12.3 Å². The summed E-state index contributed by atoms with van der Waals surface area (Å²) in [6.07, 6.45) is 0.333. The van der Waals surface area contributed by atoms with Crippen LogP contribution in [0, 0.1) is 0 Å². The third kappa shape index (κ3) is 5.47. The molecule has 0 spiro atoms. The number of halogens is 1. The molecule has 2 rings (SSSR count). The minimum atomic E-state index is -2.42. The number of nitrogens with zero attached hydrogens (tertiary/aromatic N) is 1. The summed E-state index contributed by atoms with van der Waals surface area (Å²) in [7, 11) is -4.67. The van der Waals surface area contributed by atoms with Crippen LogP contribution in [0.4, 0.5) is 4.39 Å². The maximum atomic E-state index is 16.3. The fourth-order valence-corrected chi connectivity index (χ4v) is 5.19. The number of rotatable bonds is 6. The Morgan fingerprint density at radius 1 is 1.13 bits per heavy atom. The first-order chi connectivity index (χ1) is 13.8. The molecule has 1 N–H and O–H groups in total. The number of aromatic nitrogens is 2. The minimum Gasteiger partial charge on any atom is -0.411 e. The van der Waals surface area contributed by atoms with E-state index in [0.29, 0.717) is 0 Å². The highest BCUT2D eigenvalue weighted by Crippen LogP contribution is 2.45. The van der Waals surface area contributed by atoms with Crippen molar-refractivity contribution in [2.24, 2.45) is 0 Å². The van der Waals surface area contributed by atoms with Gasteiger partial charge in [0.05, 0.1) is 19.3 Å². The molecule has 0 saturated carbocycles. The van der Waals surface area contributed by atoms with Crippen LogP contribution >= 0.6 is 0 Å². The van der Waals surface area contributed by atoms with E-state index in [4.69, 9.17) is 13.6 Å². The summed E-state index contributed by atoms with van der Waals surface area (Å²) in [6, 6.07) is 0.529. The molecule has 7 nitrogen and oxygen atoms in total. The van der Waals surface area contributed by atoms with Crippen LogP contribution in [0.3, 0.4) is 0 Å². The van der Waals surface area contributed by atoms with Gasteiger partial charge in [-0.2, -0.15) is 0 Å². The third-order valence-corrected chi connectivity index (χ3v) is 16.1. The lowest BCUT2D eigenvalue weighted by Gasteiger charge is -2.43. The molecule has 1 aromatic rings. The van der Waals surface area contributed by atoms with Gasteiger partial charge in [-0.05, 0) is 36.3 Å². The average Bonchev–Trinajstić information content (AvgIpc) is 2.88. The van der Waals surface area contributed by atoms with Crippen LogP contribution in [0.25, 0.3) is 0 Å². The van der Waals surface area contributed by atoms with Crippen molar-refractivity contribution >= 4 is 16.6 Å². The highest BCUT2D eigenvalue weighted by atomic mass is 28.4. The van der Waals surface area contributed by atoms with E-state index < -0.39 is 45.9 Å². The van der Waals surface area contributed by atoms with E-state index in [1.807, 2.05) is 13.1 Å². The maximum absolute atomic E-state index is 16.3. The molecule has 2 unspecified atom stereocenters. The van der Waals surface area contributed by atoms with Crippen molar-refractivity contribution in [3.63, 3.8) is 0 Å². The Morgan fingerprint density at radius 3 is 2.16 bits per heavy atom. The van der Waals surface area contributed by atoms with Crippen LogP contribution in [0.2, 0.25) is 36.3 Å². The molecule has 0 aromatic carbocycles.